The van der Waals surface area contributed by atoms with Gasteiger partial charge in [0, 0.05) is 30.0 Å². The average molecular weight is 366 g/mol. The van der Waals surface area contributed by atoms with Gasteiger partial charge in [0.25, 0.3) is 0 Å². The van der Waals surface area contributed by atoms with Crippen LogP contribution in [0.25, 0.3) is 0 Å². The summed E-state index contributed by atoms with van der Waals surface area (Å²) < 4.78 is 0. The van der Waals surface area contributed by atoms with Gasteiger partial charge in [-0.25, -0.2) is 0 Å². The first-order chi connectivity index (χ1) is 11.6. The number of hydrogen-bond donors (Lipinski definition) is 2. The highest BCUT2D eigenvalue weighted by Crippen LogP contribution is 2.16. The molecule has 1 heterocycles. The van der Waals surface area contributed by atoms with Gasteiger partial charge in [0.05, 0.1) is 12.6 Å². The summed E-state index contributed by atoms with van der Waals surface area (Å²) in [4.78, 5) is 8.02. The number of nitrogens with one attached hydrogen (secondary N) is 1. The topological polar surface area (TPSA) is 47.9 Å². The largest absolute Gasteiger partial charge is 0.386 e. The number of halogens is 1. The van der Waals surface area contributed by atoms with E-state index in [0.717, 1.165) is 31.0 Å². The third-order valence-electron chi connectivity index (χ3n) is 3.64. The zero-order chi connectivity index (χ0) is 17.4. The quantitative estimate of drug-likeness (QED) is 0.582. The number of aliphatic hydroxyl groups excluding tert-OH is 1. The van der Waals surface area contributed by atoms with Gasteiger partial charge in [-0.05, 0) is 42.5 Å². The lowest BCUT2D eigenvalue weighted by Gasteiger charge is -2.22. The Balaban J connectivity index is 1.94. The Hall–Kier alpha value is -1.56. The molecule has 1 aromatic heterocycles. The first-order valence-electron chi connectivity index (χ1n) is 8.05. The molecule has 0 fully saturated rings. The number of thiophene rings is 1. The number of aliphatic imine (C=N–C) groups is 1. The molecule has 0 bridgehead atoms. The van der Waals surface area contributed by atoms with Crippen molar-refractivity contribution in [3.05, 3.63) is 57.2 Å². The van der Waals surface area contributed by atoms with Gasteiger partial charge in [-0.3, -0.25) is 4.99 Å². The van der Waals surface area contributed by atoms with Crippen LogP contribution < -0.4 is 5.32 Å². The SMILES string of the molecule is CCNC(=NCC(O)c1ccc(Cl)cc1)N(C)CCc1cccs1. The molecule has 6 heteroatoms. The van der Waals surface area contributed by atoms with Gasteiger partial charge in [0.15, 0.2) is 5.96 Å². The number of benzene rings is 1. The first kappa shape index (κ1) is 18.8. The predicted molar refractivity (Wildman–Crippen MR) is 103 cm³/mol. The van der Waals surface area contributed by atoms with Gasteiger partial charge in [0.2, 0.25) is 0 Å². The van der Waals surface area contributed by atoms with E-state index < -0.39 is 6.10 Å². The summed E-state index contributed by atoms with van der Waals surface area (Å²) in [6.07, 6.45) is 0.347. The van der Waals surface area contributed by atoms with E-state index in [1.54, 1.807) is 23.5 Å². The van der Waals surface area contributed by atoms with Crippen molar-refractivity contribution < 1.29 is 5.11 Å². The molecule has 0 amide bonds. The normalized spacial score (nSPS) is 12.9. The molecule has 1 aromatic carbocycles. The molecule has 0 radical (unpaired) electrons. The Morgan fingerprint density at radius 3 is 2.71 bits per heavy atom. The molecular weight excluding hydrogens is 342 g/mol. The van der Waals surface area contributed by atoms with E-state index in [-0.39, 0.29) is 0 Å². The van der Waals surface area contributed by atoms with Crippen LogP contribution in [-0.4, -0.2) is 42.6 Å². The molecule has 2 aromatic rings. The number of likely N-dealkylation sites (N-methyl/N-ethyl adjacent to an activating group) is 1. The Kier molecular flexibility index (Phi) is 7.56. The summed E-state index contributed by atoms with van der Waals surface area (Å²) in [6.45, 7) is 4.02. The molecule has 0 aliphatic heterocycles. The highest BCUT2D eigenvalue weighted by Gasteiger charge is 2.10. The third kappa shape index (κ3) is 5.82. The Morgan fingerprint density at radius 2 is 2.08 bits per heavy atom. The summed E-state index contributed by atoms with van der Waals surface area (Å²) in [7, 11) is 2.02. The molecule has 24 heavy (non-hydrogen) atoms. The van der Waals surface area contributed by atoms with E-state index in [9.17, 15) is 5.11 Å². The second-order valence-corrected chi connectivity index (χ2v) is 6.98. The summed E-state index contributed by atoms with van der Waals surface area (Å²) in [6, 6.07) is 11.4. The summed E-state index contributed by atoms with van der Waals surface area (Å²) in [5.41, 5.74) is 0.820. The maximum absolute atomic E-state index is 10.3. The van der Waals surface area contributed by atoms with Gasteiger partial charge in [-0.1, -0.05) is 29.8 Å². The van der Waals surface area contributed by atoms with Gasteiger partial charge < -0.3 is 15.3 Å². The molecule has 1 unspecified atom stereocenters. The fourth-order valence-electron chi connectivity index (χ4n) is 2.27. The molecule has 130 valence electrons. The molecule has 4 nitrogen and oxygen atoms in total. The third-order valence-corrected chi connectivity index (χ3v) is 4.83. The number of guanidine groups is 1. The Morgan fingerprint density at radius 1 is 1.33 bits per heavy atom. The molecular formula is C18H24ClN3OS. The fourth-order valence-corrected chi connectivity index (χ4v) is 3.10. The van der Waals surface area contributed by atoms with Crippen LogP contribution in [0.1, 0.15) is 23.5 Å². The Bertz CT molecular complexity index is 628. The van der Waals surface area contributed by atoms with Crippen molar-refractivity contribution >= 4 is 28.9 Å². The summed E-state index contributed by atoms with van der Waals surface area (Å²) in [5, 5.41) is 16.3. The van der Waals surface area contributed by atoms with Gasteiger partial charge in [-0.2, -0.15) is 0 Å². The second kappa shape index (κ2) is 9.67. The van der Waals surface area contributed by atoms with Crippen molar-refractivity contribution in [1.82, 2.24) is 10.2 Å². The van der Waals surface area contributed by atoms with E-state index in [2.05, 4.69) is 32.7 Å². The van der Waals surface area contributed by atoms with E-state index in [4.69, 9.17) is 11.6 Å². The number of nitrogens with zero attached hydrogens (tertiary/aromatic N) is 2. The van der Waals surface area contributed by atoms with Crippen LogP contribution in [0.2, 0.25) is 5.02 Å². The van der Waals surface area contributed by atoms with Gasteiger partial charge in [0.1, 0.15) is 0 Å². The van der Waals surface area contributed by atoms with Crippen molar-refractivity contribution in [2.45, 2.75) is 19.4 Å². The highest BCUT2D eigenvalue weighted by atomic mass is 35.5. The minimum Gasteiger partial charge on any atom is -0.386 e. The van der Waals surface area contributed by atoms with E-state index in [1.807, 2.05) is 26.1 Å². The zero-order valence-corrected chi connectivity index (χ0v) is 15.6. The lowest BCUT2D eigenvalue weighted by atomic mass is 10.1. The molecule has 0 saturated heterocycles. The minimum absolute atomic E-state index is 0.313. The molecule has 0 aliphatic carbocycles. The van der Waals surface area contributed by atoms with Crippen molar-refractivity contribution in [2.75, 3.05) is 26.7 Å². The van der Waals surface area contributed by atoms with Crippen LogP contribution in [0.15, 0.2) is 46.8 Å². The predicted octanol–water partition coefficient (Wildman–Crippen LogP) is 3.57. The molecule has 1 atom stereocenters. The minimum atomic E-state index is -0.637. The van der Waals surface area contributed by atoms with Crippen LogP contribution in [-0.2, 0) is 6.42 Å². The van der Waals surface area contributed by atoms with E-state index >= 15 is 0 Å². The lowest BCUT2D eigenvalue weighted by Crippen LogP contribution is -2.40. The maximum atomic E-state index is 10.3. The number of rotatable bonds is 7. The van der Waals surface area contributed by atoms with E-state index in [1.165, 1.54) is 4.88 Å². The van der Waals surface area contributed by atoms with Crippen LogP contribution in [0.3, 0.4) is 0 Å². The molecule has 2 N–H and O–H groups in total. The van der Waals surface area contributed by atoms with Crippen LogP contribution >= 0.6 is 22.9 Å². The number of hydrogen-bond acceptors (Lipinski definition) is 3. The van der Waals surface area contributed by atoms with E-state index in [0.29, 0.717) is 11.6 Å². The lowest BCUT2D eigenvalue weighted by molar-refractivity contribution is 0.186. The van der Waals surface area contributed by atoms with Crippen molar-refractivity contribution in [3.63, 3.8) is 0 Å². The molecule has 0 spiro atoms. The van der Waals surface area contributed by atoms with Crippen LogP contribution in [0.5, 0.6) is 0 Å². The van der Waals surface area contributed by atoms with Crippen LogP contribution in [0, 0.1) is 0 Å². The molecule has 0 saturated carbocycles. The van der Waals surface area contributed by atoms with Gasteiger partial charge >= 0.3 is 0 Å². The second-order valence-electron chi connectivity index (χ2n) is 5.51. The average Bonchev–Trinajstić information content (AvgIpc) is 3.10. The van der Waals surface area contributed by atoms with Crippen molar-refractivity contribution in [1.29, 1.82) is 0 Å². The van der Waals surface area contributed by atoms with Crippen molar-refractivity contribution in [2.24, 2.45) is 4.99 Å². The summed E-state index contributed by atoms with van der Waals surface area (Å²) >= 11 is 7.65. The maximum Gasteiger partial charge on any atom is 0.193 e. The smallest absolute Gasteiger partial charge is 0.193 e. The standard InChI is InChI=1S/C18H24ClN3OS/c1-3-20-18(22(2)11-10-16-5-4-12-24-16)21-13-17(23)14-6-8-15(19)9-7-14/h4-9,12,17,23H,3,10-11,13H2,1-2H3,(H,20,21). The Labute approximate surface area is 152 Å². The molecule has 0 aliphatic rings. The van der Waals surface area contributed by atoms with Crippen molar-refractivity contribution in [3.8, 4) is 0 Å². The van der Waals surface area contributed by atoms with Crippen LogP contribution in [0.4, 0.5) is 0 Å². The fraction of sp³-hybridized carbons (Fsp3) is 0.389. The summed E-state index contributed by atoms with van der Waals surface area (Å²) in [5.74, 6) is 0.807. The number of aliphatic hydroxyl groups is 1. The van der Waals surface area contributed by atoms with Gasteiger partial charge in [-0.15, -0.1) is 11.3 Å². The zero-order valence-electron chi connectivity index (χ0n) is 14.1. The monoisotopic (exact) mass is 365 g/mol. The highest BCUT2D eigenvalue weighted by molar-refractivity contribution is 7.09. The first-order valence-corrected chi connectivity index (χ1v) is 9.31. The molecule has 2 rings (SSSR count).